The molecule has 0 saturated carbocycles. The van der Waals surface area contributed by atoms with Gasteiger partial charge in [0.1, 0.15) is 5.75 Å². The van der Waals surface area contributed by atoms with Crippen LogP contribution in [0.5, 0.6) is 5.75 Å². The van der Waals surface area contributed by atoms with E-state index in [9.17, 15) is 13.2 Å². The first-order valence-electron chi connectivity index (χ1n) is 10.9. The molecule has 1 aliphatic rings. The van der Waals surface area contributed by atoms with Crippen LogP contribution in [0.1, 0.15) is 43.9 Å². The van der Waals surface area contributed by atoms with Crippen LogP contribution in [-0.4, -0.2) is 44.6 Å². The molecule has 1 saturated heterocycles. The Hall–Kier alpha value is -2.03. The number of carbonyl (C=O) groups is 1. The lowest BCUT2D eigenvalue weighted by molar-refractivity contribution is -0.126. The van der Waals surface area contributed by atoms with Gasteiger partial charge in [-0.15, -0.1) is 11.8 Å². The van der Waals surface area contributed by atoms with Crippen LogP contribution in [0.25, 0.3) is 0 Å². The number of aryl methyl sites for hydroxylation is 1. The molecule has 1 heterocycles. The Balaban J connectivity index is 1.58. The number of ether oxygens (including phenoxy) is 1. The van der Waals surface area contributed by atoms with Crippen molar-refractivity contribution in [2.45, 2.75) is 49.4 Å². The fraction of sp³-hybridized carbons (Fsp3) is 0.458. The Kier molecular flexibility index (Phi) is 8.25. The highest BCUT2D eigenvalue weighted by atomic mass is 32.2. The van der Waals surface area contributed by atoms with Crippen LogP contribution in [0.2, 0.25) is 0 Å². The van der Waals surface area contributed by atoms with E-state index in [0.29, 0.717) is 38.3 Å². The van der Waals surface area contributed by atoms with E-state index in [1.54, 1.807) is 30.0 Å². The predicted molar refractivity (Wildman–Crippen MR) is 129 cm³/mol. The van der Waals surface area contributed by atoms with E-state index in [1.807, 2.05) is 39.2 Å². The van der Waals surface area contributed by atoms with E-state index in [2.05, 4.69) is 17.4 Å². The monoisotopic (exact) mass is 476 g/mol. The largest absolute Gasteiger partial charge is 0.494 e. The summed E-state index contributed by atoms with van der Waals surface area (Å²) in [5.74, 6) is 0.496. The zero-order valence-corrected chi connectivity index (χ0v) is 20.8. The van der Waals surface area contributed by atoms with Gasteiger partial charge in [-0.05, 0) is 81.3 Å². The quantitative estimate of drug-likeness (QED) is 0.572. The maximum atomic E-state index is 13.1. The van der Waals surface area contributed by atoms with Crippen molar-refractivity contribution in [3.63, 3.8) is 0 Å². The fourth-order valence-electron chi connectivity index (χ4n) is 3.91. The second kappa shape index (κ2) is 10.7. The highest BCUT2D eigenvalue weighted by Gasteiger charge is 2.32. The molecule has 32 heavy (non-hydrogen) atoms. The molecule has 1 N–H and O–H groups in total. The third-order valence-corrected chi connectivity index (χ3v) is 8.52. The summed E-state index contributed by atoms with van der Waals surface area (Å²) < 4.78 is 33.2. The SMILES string of the molecule is CCOc1ccc(S(=O)(=O)N2CCC(C(=O)NC(C)c3ccc(SC)cc3)CC2)cc1C. The lowest BCUT2D eigenvalue weighted by Gasteiger charge is -2.31. The van der Waals surface area contributed by atoms with Crippen molar-refractivity contribution >= 4 is 27.7 Å². The van der Waals surface area contributed by atoms with Crippen LogP contribution < -0.4 is 10.1 Å². The normalized spacial score (nSPS) is 16.5. The zero-order chi connectivity index (χ0) is 23.3. The van der Waals surface area contributed by atoms with E-state index in [4.69, 9.17) is 4.74 Å². The molecule has 0 spiro atoms. The Morgan fingerprint density at radius 3 is 2.41 bits per heavy atom. The van der Waals surface area contributed by atoms with Crippen molar-refractivity contribution in [1.82, 2.24) is 9.62 Å². The number of nitrogens with one attached hydrogen (secondary N) is 1. The lowest BCUT2D eigenvalue weighted by atomic mass is 9.96. The number of piperidine rings is 1. The Morgan fingerprint density at radius 1 is 1.19 bits per heavy atom. The summed E-state index contributed by atoms with van der Waals surface area (Å²) in [5, 5.41) is 3.09. The van der Waals surface area contributed by atoms with Gasteiger partial charge in [0.25, 0.3) is 0 Å². The minimum Gasteiger partial charge on any atom is -0.494 e. The molecule has 1 unspecified atom stereocenters. The molecule has 1 amide bonds. The molecule has 0 aromatic heterocycles. The number of amides is 1. The smallest absolute Gasteiger partial charge is 0.243 e. The standard InChI is InChI=1S/C24H32N2O4S2/c1-5-30-23-11-10-22(16-17(23)2)32(28,29)26-14-12-20(13-15-26)24(27)25-18(3)19-6-8-21(31-4)9-7-19/h6-11,16,18,20H,5,12-15H2,1-4H3,(H,25,27). The molecule has 2 aromatic carbocycles. The van der Waals surface area contributed by atoms with Crippen molar-refractivity contribution < 1.29 is 17.9 Å². The molecular formula is C24H32N2O4S2. The average molecular weight is 477 g/mol. The number of sulfonamides is 1. The summed E-state index contributed by atoms with van der Waals surface area (Å²) in [5.41, 5.74) is 1.85. The van der Waals surface area contributed by atoms with Crippen LogP contribution in [0.4, 0.5) is 0 Å². The van der Waals surface area contributed by atoms with Crippen LogP contribution >= 0.6 is 11.8 Å². The molecule has 0 aliphatic carbocycles. The van der Waals surface area contributed by atoms with Crippen LogP contribution in [-0.2, 0) is 14.8 Å². The molecule has 174 valence electrons. The zero-order valence-electron chi connectivity index (χ0n) is 19.1. The van der Waals surface area contributed by atoms with Gasteiger partial charge in [-0.1, -0.05) is 12.1 Å². The first-order valence-corrected chi connectivity index (χ1v) is 13.6. The number of benzene rings is 2. The van der Waals surface area contributed by atoms with Gasteiger partial charge in [-0.3, -0.25) is 4.79 Å². The number of thioether (sulfide) groups is 1. The van der Waals surface area contributed by atoms with Crippen molar-refractivity contribution in [2.75, 3.05) is 26.0 Å². The van der Waals surface area contributed by atoms with Gasteiger partial charge in [0.05, 0.1) is 17.5 Å². The minimum atomic E-state index is -3.59. The van der Waals surface area contributed by atoms with E-state index in [0.717, 1.165) is 11.1 Å². The Labute approximate surface area is 195 Å². The summed E-state index contributed by atoms with van der Waals surface area (Å²) in [7, 11) is -3.59. The third kappa shape index (κ3) is 5.66. The Bertz CT molecular complexity index is 1030. The van der Waals surface area contributed by atoms with Crippen LogP contribution in [0.3, 0.4) is 0 Å². The first kappa shape index (κ1) is 24.6. The number of carbonyl (C=O) groups excluding carboxylic acids is 1. The van der Waals surface area contributed by atoms with Gasteiger partial charge in [-0.25, -0.2) is 8.42 Å². The van der Waals surface area contributed by atoms with Crippen LogP contribution in [0.15, 0.2) is 52.3 Å². The van der Waals surface area contributed by atoms with Crippen LogP contribution in [0, 0.1) is 12.8 Å². The minimum absolute atomic E-state index is 0.0135. The van der Waals surface area contributed by atoms with Gasteiger partial charge in [0.15, 0.2) is 0 Å². The third-order valence-electron chi connectivity index (χ3n) is 5.88. The molecule has 3 rings (SSSR count). The van der Waals surface area contributed by atoms with E-state index in [1.165, 1.54) is 9.20 Å². The molecular weight excluding hydrogens is 444 g/mol. The second-order valence-corrected chi connectivity index (χ2v) is 10.9. The van der Waals surface area contributed by atoms with Gasteiger partial charge in [0, 0.05) is 23.9 Å². The summed E-state index contributed by atoms with van der Waals surface area (Å²) >= 11 is 1.68. The summed E-state index contributed by atoms with van der Waals surface area (Å²) in [4.78, 5) is 14.2. The van der Waals surface area contributed by atoms with Gasteiger partial charge in [-0.2, -0.15) is 4.31 Å². The molecule has 0 radical (unpaired) electrons. The molecule has 8 heteroatoms. The van der Waals surface area contributed by atoms with E-state index in [-0.39, 0.29) is 22.8 Å². The number of hydrogen-bond donors (Lipinski definition) is 1. The van der Waals surface area contributed by atoms with Crippen molar-refractivity contribution in [2.24, 2.45) is 5.92 Å². The average Bonchev–Trinajstić information content (AvgIpc) is 2.80. The molecule has 2 aromatic rings. The van der Waals surface area contributed by atoms with Crippen molar-refractivity contribution in [3.05, 3.63) is 53.6 Å². The molecule has 6 nitrogen and oxygen atoms in total. The molecule has 1 fully saturated rings. The predicted octanol–water partition coefficient (Wildman–Crippen LogP) is 4.39. The number of rotatable bonds is 8. The highest BCUT2D eigenvalue weighted by Crippen LogP contribution is 2.28. The molecule has 0 bridgehead atoms. The van der Waals surface area contributed by atoms with Gasteiger partial charge >= 0.3 is 0 Å². The van der Waals surface area contributed by atoms with E-state index >= 15 is 0 Å². The Morgan fingerprint density at radius 2 is 1.84 bits per heavy atom. The van der Waals surface area contributed by atoms with Gasteiger partial charge in [0.2, 0.25) is 15.9 Å². The highest BCUT2D eigenvalue weighted by molar-refractivity contribution is 7.98. The number of hydrogen-bond acceptors (Lipinski definition) is 5. The number of nitrogens with zero attached hydrogens (tertiary/aromatic N) is 1. The molecule has 1 aliphatic heterocycles. The summed E-state index contributed by atoms with van der Waals surface area (Å²) in [6.07, 6.45) is 3.06. The lowest BCUT2D eigenvalue weighted by Crippen LogP contribution is -2.43. The van der Waals surface area contributed by atoms with Crippen molar-refractivity contribution in [3.8, 4) is 5.75 Å². The maximum Gasteiger partial charge on any atom is 0.243 e. The summed E-state index contributed by atoms with van der Waals surface area (Å²) in [6, 6.07) is 13.0. The topological polar surface area (TPSA) is 75.7 Å². The maximum absolute atomic E-state index is 13.1. The first-order chi connectivity index (χ1) is 15.3. The summed E-state index contributed by atoms with van der Waals surface area (Å²) in [6.45, 7) is 6.92. The fourth-order valence-corrected chi connectivity index (χ4v) is 5.88. The van der Waals surface area contributed by atoms with Crippen molar-refractivity contribution in [1.29, 1.82) is 0 Å². The van der Waals surface area contributed by atoms with E-state index < -0.39 is 10.0 Å². The second-order valence-electron chi connectivity index (χ2n) is 8.04. The molecule has 1 atom stereocenters. The van der Waals surface area contributed by atoms with Gasteiger partial charge < -0.3 is 10.1 Å².